The van der Waals surface area contributed by atoms with Crippen LogP contribution >= 0.6 is 11.6 Å². The van der Waals surface area contributed by atoms with Gasteiger partial charge in [-0.3, -0.25) is 4.79 Å². The van der Waals surface area contributed by atoms with E-state index in [1.54, 1.807) is 18.2 Å². The van der Waals surface area contributed by atoms with Crippen molar-refractivity contribution in [3.63, 3.8) is 0 Å². The second kappa shape index (κ2) is 4.41. The molecular weight excluding hydrogens is 224 g/mol. The number of nitrogens with zero attached hydrogens (tertiary/aromatic N) is 2. The molecule has 16 heavy (non-hydrogen) atoms. The van der Waals surface area contributed by atoms with Crippen molar-refractivity contribution in [2.75, 3.05) is 0 Å². The molecule has 0 amide bonds. The Labute approximate surface area is 98.1 Å². The lowest BCUT2D eigenvalue weighted by atomic mass is 10.2. The standard InChI is InChI=1S/C12H9ClN2O/c1-8-5-11(7-16)15-12(14-8)9-3-2-4-10(13)6-9/h2-7H,1H3. The van der Waals surface area contributed by atoms with Gasteiger partial charge in [-0.15, -0.1) is 0 Å². The van der Waals surface area contributed by atoms with E-state index in [9.17, 15) is 4.79 Å². The molecule has 2 aromatic rings. The molecule has 0 atom stereocenters. The summed E-state index contributed by atoms with van der Waals surface area (Å²) in [6.07, 6.45) is 0.711. The van der Waals surface area contributed by atoms with Crippen molar-refractivity contribution in [1.29, 1.82) is 0 Å². The number of carbonyl (C=O) groups excluding carboxylic acids is 1. The van der Waals surface area contributed by atoms with Gasteiger partial charge in [0.05, 0.1) is 0 Å². The fourth-order valence-electron chi connectivity index (χ4n) is 1.41. The molecule has 0 saturated heterocycles. The molecule has 0 radical (unpaired) electrons. The first-order chi connectivity index (χ1) is 7.69. The van der Waals surface area contributed by atoms with Gasteiger partial charge in [0.1, 0.15) is 5.69 Å². The molecule has 0 aliphatic carbocycles. The van der Waals surface area contributed by atoms with E-state index in [1.165, 1.54) is 0 Å². The van der Waals surface area contributed by atoms with Gasteiger partial charge in [-0.05, 0) is 25.1 Å². The first kappa shape index (κ1) is 10.8. The Kier molecular flexibility index (Phi) is 2.97. The Morgan fingerprint density at radius 3 is 2.75 bits per heavy atom. The highest BCUT2D eigenvalue weighted by molar-refractivity contribution is 6.30. The van der Waals surface area contributed by atoms with Gasteiger partial charge in [-0.1, -0.05) is 23.7 Å². The number of hydrogen-bond acceptors (Lipinski definition) is 3. The number of aromatic nitrogens is 2. The smallest absolute Gasteiger partial charge is 0.168 e. The molecule has 0 spiro atoms. The number of rotatable bonds is 2. The molecule has 0 fully saturated rings. The highest BCUT2D eigenvalue weighted by Gasteiger charge is 2.04. The lowest BCUT2D eigenvalue weighted by Crippen LogP contribution is -1.96. The Morgan fingerprint density at radius 2 is 2.06 bits per heavy atom. The maximum atomic E-state index is 10.7. The molecule has 1 heterocycles. The first-order valence-corrected chi connectivity index (χ1v) is 5.13. The van der Waals surface area contributed by atoms with E-state index in [0.717, 1.165) is 11.3 Å². The third-order valence-corrected chi connectivity index (χ3v) is 2.31. The van der Waals surface area contributed by atoms with Gasteiger partial charge in [0.25, 0.3) is 0 Å². The molecule has 0 saturated carbocycles. The summed E-state index contributed by atoms with van der Waals surface area (Å²) in [4.78, 5) is 19.1. The molecule has 1 aromatic carbocycles. The number of benzene rings is 1. The molecule has 2 rings (SSSR count). The highest BCUT2D eigenvalue weighted by atomic mass is 35.5. The van der Waals surface area contributed by atoms with E-state index in [4.69, 9.17) is 11.6 Å². The molecule has 3 nitrogen and oxygen atoms in total. The molecule has 0 aliphatic heterocycles. The fourth-order valence-corrected chi connectivity index (χ4v) is 1.60. The van der Waals surface area contributed by atoms with Crippen LogP contribution in [-0.4, -0.2) is 16.3 Å². The van der Waals surface area contributed by atoms with Gasteiger partial charge < -0.3 is 0 Å². The Bertz CT molecular complexity index is 540. The van der Waals surface area contributed by atoms with Crippen molar-refractivity contribution in [1.82, 2.24) is 9.97 Å². The molecule has 4 heteroatoms. The van der Waals surface area contributed by atoms with Crippen LogP contribution in [0.15, 0.2) is 30.3 Å². The normalized spacial score (nSPS) is 10.1. The van der Waals surface area contributed by atoms with Crippen LogP contribution in [0.3, 0.4) is 0 Å². The van der Waals surface area contributed by atoms with Crippen molar-refractivity contribution in [3.05, 3.63) is 46.7 Å². The van der Waals surface area contributed by atoms with E-state index < -0.39 is 0 Å². The van der Waals surface area contributed by atoms with Crippen molar-refractivity contribution in [2.24, 2.45) is 0 Å². The van der Waals surface area contributed by atoms with E-state index in [2.05, 4.69) is 9.97 Å². The number of carbonyl (C=O) groups is 1. The van der Waals surface area contributed by atoms with Gasteiger partial charge in [-0.2, -0.15) is 0 Å². The van der Waals surface area contributed by atoms with E-state index in [-0.39, 0.29) is 0 Å². The monoisotopic (exact) mass is 232 g/mol. The van der Waals surface area contributed by atoms with Crippen LogP contribution in [0, 0.1) is 6.92 Å². The van der Waals surface area contributed by atoms with Crippen LogP contribution in [0.5, 0.6) is 0 Å². The molecule has 80 valence electrons. The largest absolute Gasteiger partial charge is 0.296 e. The predicted octanol–water partition coefficient (Wildman–Crippen LogP) is 2.92. The molecule has 0 bridgehead atoms. The summed E-state index contributed by atoms with van der Waals surface area (Å²) in [5.74, 6) is 0.518. The highest BCUT2D eigenvalue weighted by Crippen LogP contribution is 2.19. The maximum absolute atomic E-state index is 10.7. The summed E-state index contributed by atoms with van der Waals surface area (Å²) in [5.41, 5.74) is 1.94. The van der Waals surface area contributed by atoms with Crippen LogP contribution in [0.2, 0.25) is 5.02 Å². The zero-order valence-corrected chi connectivity index (χ0v) is 9.40. The van der Waals surface area contributed by atoms with Crippen molar-refractivity contribution in [3.8, 4) is 11.4 Å². The minimum Gasteiger partial charge on any atom is -0.296 e. The second-order valence-electron chi connectivity index (χ2n) is 3.39. The van der Waals surface area contributed by atoms with Gasteiger partial charge in [0.2, 0.25) is 0 Å². The van der Waals surface area contributed by atoms with Gasteiger partial charge in [0, 0.05) is 16.3 Å². The summed E-state index contributed by atoms with van der Waals surface area (Å²) in [7, 11) is 0. The number of aryl methyl sites for hydroxylation is 1. The maximum Gasteiger partial charge on any atom is 0.168 e. The third kappa shape index (κ3) is 2.25. The predicted molar refractivity (Wildman–Crippen MR) is 62.6 cm³/mol. The topological polar surface area (TPSA) is 42.9 Å². The molecule has 0 unspecified atom stereocenters. The molecule has 1 aromatic heterocycles. The lowest BCUT2D eigenvalue weighted by Gasteiger charge is -2.02. The van der Waals surface area contributed by atoms with Crippen molar-refractivity contribution < 1.29 is 4.79 Å². The minimum atomic E-state index is 0.377. The van der Waals surface area contributed by atoms with Crippen LogP contribution in [0.1, 0.15) is 16.2 Å². The SMILES string of the molecule is Cc1cc(C=O)nc(-c2cccc(Cl)c2)n1. The molecule has 0 N–H and O–H groups in total. The zero-order valence-electron chi connectivity index (χ0n) is 8.64. The lowest BCUT2D eigenvalue weighted by molar-refractivity contribution is 0.111. The Hall–Kier alpha value is -1.74. The first-order valence-electron chi connectivity index (χ1n) is 4.76. The van der Waals surface area contributed by atoms with Crippen LogP contribution in [-0.2, 0) is 0 Å². The number of aldehydes is 1. The zero-order chi connectivity index (χ0) is 11.5. The fraction of sp³-hybridized carbons (Fsp3) is 0.0833. The van der Waals surface area contributed by atoms with E-state index >= 15 is 0 Å². The average Bonchev–Trinajstić information content (AvgIpc) is 2.28. The summed E-state index contributed by atoms with van der Waals surface area (Å²) in [6.45, 7) is 1.82. The summed E-state index contributed by atoms with van der Waals surface area (Å²) < 4.78 is 0. The van der Waals surface area contributed by atoms with Gasteiger partial charge >= 0.3 is 0 Å². The van der Waals surface area contributed by atoms with Crippen LogP contribution in [0.25, 0.3) is 11.4 Å². The average molecular weight is 233 g/mol. The third-order valence-electron chi connectivity index (χ3n) is 2.08. The quantitative estimate of drug-likeness (QED) is 0.748. The van der Waals surface area contributed by atoms with Gasteiger partial charge in [-0.25, -0.2) is 9.97 Å². The number of halogens is 1. The summed E-state index contributed by atoms with van der Waals surface area (Å²) in [5, 5.41) is 0.621. The Morgan fingerprint density at radius 1 is 1.25 bits per heavy atom. The minimum absolute atomic E-state index is 0.377. The summed E-state index contributed by atoms with van der Waals surface area (Å²) in [6, 6.07) is 8.87. The number of hydrogen-bond donors (Lipinski definition) is 0. The van der Waals surface area contributed by atoms with E-state index in [0.29, 0.717) is 22.8 Å². The van der Waals surface area contributed by atoms with Crippen LogP contribution < -0.4 is 0 Å². The van der Waals surface area contributed by atoms with Gasteiger partial charge in [0.15, 0.2) is 12.1 Å². The molecular formula is C12H9ClN2O. The second-order valence-corrected chi connectivity index (χ2v) is 3.82. The molecule has 0 aliphatic rings. The van der Waals surface area contributed by atoms with Crippen LogP contribution in [0.4, 0.5) is 0 Å². The van der Waals surface area contributed by atoms with Crippen molar-refractivity contribution in [2.45, 2.75) is 6.92 Å². The Balaban J connectivity index is 2.55. The van der Waals surface area contributed by atoms with E-state index in [1.807, 2.05) is 19.1 Å². The summed E-state index contributed by atoms with van der Waals surface area (Å²) >= 11 is 5.88. The van der Waals surface area contributed by atoms with Crippen molar-refractivity contribution >= 4 is 17.9 Å².